The number of imidazole rings is 1. The summed E-state index contributed by atoms with van der Waals surface area (Å²) in [5.74, 6) is -0.368. The molecule has 0 spiro atoms. The minimum Gasteiger partial charge on any atom is -0.465 e. The lowest BCUT2D eigenvalue weighted by molar-refractivity contribution is -0.145. The van der Waals surface area contributed by atoms with E-state index in [0.717, 1.165) is 18.5 Å². The van der Waals surface area contributed by atoms with E-state index in [9.17, 15) is 4.79 Å². The van der Waals surface area contributed by atoms with Crippen molar-refractivity contribution in [3.8, 4) is 0 Å². The van der Waals surface area contributed by atoms with Gasteiger partial charge in [0, 0.05) is 18.3 Å². The van der Waals surface area contributed by atoms with E-state index in [1.165, 1.54) is 5.56 Å². The molecule has 3 N–H and O–H groups in total. The zero-order chi connectivity index (χ0) is 14.2. The molecule has 0 saturated carbocycles. The Morgan fingerprint density at radius 2 is 2.15 bits per heavy atom. The van der Waals surface area contributed by atoms with Gasteiger partial charge in [-0.25, -0.2) is 4.98 Å². The number of nitrogens with one attached hydrogen (secondary N) is 1. The Bertz CT molecular complexity index is 511. The summed E-state index contributed by atoms with van der Waals surface area (Å²) in [7, 11) is 0. The summed E-state index contributed by atoms with van der Waals surface area (Å²) in [4.78, 5) is 18.5. The second-order valence-electron chi connectivity index (χ2n) is 4.64. The third kappa shape index (κ3) is 4.51. The highest BCUT2D eigenvalue weighted by Gasteiger charge is 2.16. The van der Waals surface area contributed by atoms with Crippen LogP contribution in [-0.2, 0) is 22.4 Å². The summed E-state index contributed by atoms with van der Waals surface area (Å²) in [6, 6.07) is 9.46. The van der Waals surface area contributed by atoms with Crippen molar-refractivity contribution < 1.29 is 9.53 Å². The molecule has 20 heavy (non-hydrogen) atoms. The van der Waals surface area contributed by atoms with Crippen molar-refractivity contribution in [2.24, 2.45) is 5.73 Å². The largest absolute Gasteiger partial charge is 0.465 e. The molecule has 0 radical (unpaired) electrons. The summed E-state index contributed by atoms with van der Waals surface area (Å²) in [6.45, 7) is 0.393. The number of aromatic nitrogens is 2. The van der Waals surface area contributed by atoms with Gasteiger partial charge in [-0.3, -0.25) is 4.79 Å². The fourth-order valence-corrected chi connectivity index (χ4v) is 1.92. The van der Waals surface area contributed by atoms with Gasteiger partial charge in [0.15, 0.2) is 0 Å². The first-order chi connectivity index (χ1) is 9.75. The number of esters is 1. The van der Waals surface area contributed by atoms with Crippen LogP contribution in [0.1, 0.15) is 17.7 Å². The quantitative estimate of drug-likeness (QED) is 0.591. The maximum atomic E-state index is 11.7. The molecule has 0 amide bonds. The smallest absolute Gasteiger partial charge is 0.323 e. The van der Waals surface area contributed by atoms with E-state index >= 15 is 0 Å². The van der Waals surface area contributed by atoms with Gasteiger partial charge in [0.2, 0.25) is 0 Å². The summed E-state index contributed by atoms with van der Waals surface area (Å²) < 4.78 is 5.18. The Kier molecular flexibility index (Phi) is 5.32. The number of hydrogen-bond acceptors (Lipinski definition) is 4. The highest BCUT2D eigenvalue weighted by molar-refractivity contribution is 5.75. The van der Waals surface area contributed by atoms with Crippen LogP contribution in [0.25, 0.3) is 0 Å². The zero-order valence-corrected chi connectivity index (χ0v) is 11.3. The molecule has 1 aromatic carbocycles. The third-order valence-corrected chi connectivity index (χ3v) is 2.99. The predicted octanol–water partition coefficient (Wildman–Crippen LogP) is 1.46. The minimum absolute atomic E-state index is 0.368. The molecule has 1 heterocycles. The van der Waals surface area contributed by atoms with Gasteiger partial charge in [-0.1, -0.05) is 30.3 Å². The van der Waals surface area contributed by atoms with Gasteiger partial charge < -0.3 is 15.5 Å². The molecule has 0 bridgehead atoms. The zero-order valence-electron chi connectivity index (χ0n) is 11.3. The average Bonchev–Trinajstić information content (AvgIpc) is 2.97. The Balaban J connectivity index is 1.65. The Morgan fingerprint density at radius 3 is 2.85 bits per heavy atom. The molecule has 0 aliphatic rings. The average molecular weight is 273 g/mol. The topological polar surface area (TPSA) is 81.0 Å². The van der Waals surface area contributed by atoms with Gasteiger partial charge in [-0.05, 0) is 18.4 Å². The normalized spacial score (nSPS) is 12.1. The third-order valence-electron chi connectivity index (χ3n) is 2.99. The number of carbonyl (C=O) groups excluding carboxylic acids is 1. The van der Waals surface area contributed by atoms with Crippen molar-refractivity contribution in [2.45, 2.75) is 25.3 Å². The lowest BCUT2D eigenvalue weighted by Crippen LogP contribution is -2.34. The Labute approximate surface area is 118 Å². The van der Waals surface area contributed by atoms with Crippen LogP contribution in [0, 0.1) is 0 Å². The minimum atomic E-state index is -0.646. The number of H-pyrrole nitrogens is 1. The predicted molar refractivity (Wildman–Crippen MR) is 76.0 cm³/mol. The monoisotopic (exact) mass is 273 g/mol. The number of rotatable bonds is 7. The molecular weight excluding hydrogens is 254 g/mol. The van der Waals surface area contributed by atoms with E-state index in [4.69, 9.17) is 10.5 Å². The highest BCUT2D eigenvalue weighted by Crippen LogP contribution is 2.03. The van der Waals surface area contributed by atoms with Gasteiger partial charge in [0.25, 0.3) is 0 Å². The number of nitrogens with zero attached hydrogens (tertiary/aromatic N) is 1. The lowest BCUT2D eigenvalue weighted by Gasteiger charge is -2.10. The summed E-state index contributed by atoms with van der Waals surface area (Å²) >= 11 is 0. The second-order valence-corrected chi connectivity index (χ2v) is 4.64. The number of aromatic amines is 1. The molecular formula is C15H19N3O2. The van der Waals surface area contributed by atoms with Crippen molar-refractivity contribution in [2.75, 3.05) is 6.61 Å². The van der Waals surface area contributed by atoms with Crippen LogP contribution >= 0.6 is 0 Å². The van der Waals surface area contributed by atoms with Gasteiger partial charge in [-0.2, -0.15) is 0 Å². The maximum absolute atomic E-state index is 11.7. The van der Waals surface area contributed by atoms with Crippen molar-refractivity contribution in [1.82, 2.24) is 9.97 Å². The van der Waals surface area contributed by atoms with Crippen LogP contribution in [0.15, 0.2) is 42.9 Å². The maximum Gasteiger partial charge on any atom is 0.323 e. The SMILES string of the molecule is N[C@@H](Cc1cnc[nH]1)C(=O)OCCCc1ccccc1. The van der Waals surface area contributed by atoms with Crippen molar-refractivity contribution in [1.29, 1.82) is 0 Å². The highest BCUT2D eigenvalue weighted by atomic mass is 16.5. The van der Waals surface area contributed by atoms with Crippen LogP contribution in [0.2, 0.25) is 0 Å². The van der Waals surface area contributed by atoms with Crippen LogP contribution in [0.5, 0.6) is 0 Å². The van der Waals surface area contributed by atoms with E-state index < -0.39 is 6.04 Å². The number of nitrogens with two attached hydrogens (primary N) is 1. The molecule has 1 atom stereocenters. The van der Waals surface area contributed by atoms with E-state index in [1.807, 2.05) is 18.2 Å². The van der Waals surface area contributed by atoms with Gasteiger partial charge in [-0.15, -0.1) is 0 Å². The molecule has 0 unspecified atom stereocenters. The summed E-state index contributed by atoms with van der Waals surface area (Å²) in [5.41, 5.74) is 7.85. The number of carbonyl (C=O) groups is 1. The summed E-state index contributed by atoms with van der Waals surface area (Å²) in [6.07, 6.45) is 5.32. The molecule has 0 fully saturated rings. The van der Waals surface area contributed by atoms with Crippen LogP contribution in [0.4, 0.5) is 0 Å². The number of hydrogen-bond donors (Lipinski definition) is 2. The summed E-state index contributed by atoms with van der Waals surface area (Å²) in [5, 5.41) is 0. The second kappa shape index (κ2) is 7.45. The molecule has 2 rings (SSSR count). The van der Waals surface area contributed by atoms with Crippen molar-refractivity contribution in [3.05, 3.63) is 54.1 Å². The van der Waals surface area contributed by atoms with Gasteiger partial charge in [0.05, 0.1) is 12.9 Å². The molecule has 0 aliphatic heterocycles. The van der Waals surface area contributed by atoms with E-state index in [-0.39, 0.29) is 5.97 Å². The number of ether oxygens (including phenoxy) is 1. The molecule has 0 saturated heterocycles. The molecule has 5 nitrogen and oxygen atoms in total. The first kappa shape index (κ1) is 14.3. The molecule has 0 aliphatic carbocycles. The Morgan fingerprint density at radius 1 is 1.35 bits per heavy atom. The van der Waals surface area contributed by atoms with Crippen LogP contribution in [0.3, 0.4) is 0 Å². The lowest BCUT2D eigenvalue weighted by atomic mass is 10.1. The fourth-order valence-electron chi connectivity index (χ4n) is 1.92. The van der Waals surface area contributed by atoms with Crippen LogP contribution < -0.4 is 5.73 Å². The first-order valence-corrected chi connectivity index (χ1v) is 6.69. The molecule has 106 valence electrons. The first-order valence-electron chi connectivity index (χ1n) is 6.69. The Hall–Kier alpha value is -2.14. The van der Waals surface area contributed by atoms with E-state index in [0.29, 0.717) is 13.0 Å². The molecule has 5 heteroatoms. The fraction of sp³-hybridized carbons (Fsp3) is 0.333. The van der Waals surface area contributed by atoms with E-state index in [1.54, 1.807) is 12.5 Å². The number of benzene rings is 1. The molecule has 2 aromatic rings. The molecule has 1 aromatic heterocycles. The standard InChI is InChI=1S/C15H19N3O2/c16-14(9-13-10-17-11-18-13)15(19)20-8-4-7-12-5-2-1-3-6-12/h1-3,5-6,10-11,14H,4,7-9,16H2,(H,17,18)/t14-/m0/s1. The van der Waals surface area contributed by atoms with Crippen LogP contribution in [-0.4, -0.2) is 28.6 Å². The van der Waals surface area contributed by atoms with E-state index in [2.05, 4.69) is 22.1 Å². The number of aryl methyl sites for hydroxylation is 1. The van der Waals surface area contributed by atoms with Crippen molar-refractivity contribution >= 4 is 5.97 Å². The van der Waals surface area contributed by atoms with Crippen molar-refractivity contribution in [3.63, 3.8) is 0 Å². The van der Waals surface area contributed by atoms with Gasteiger partial charge >= 0.3 is 5.97 Å². The van der Waals surface area contributed by atoms with Gasteiger partial charge in [0.1, 0.15) is 6.04 Å².